The summed E-state index contributed by atoms with van der Waals surface area (Å²) in [4.78, 5) is 31.6. The second-order valence-electron chi connectivity index (χ2n) is 7.55. The molecule has 1 N–H and O–H groups in total. The number of methoxy groups -OCH3 is 1. The molecule has 0 aromatic carbocycles. The maximum absolute atomic E-state index is 12.7. The maximum Gasteiger partial charge on any atom is 0.275 e. The van der Waals surface area contributed by atoms with Crippen molar-refractivity contribution in [2.24, 2.45) is 0 Å². The maximum atomic E-state index is 12.7. The predicted octanol–water partition coefficient (Wildman–Crippen LogP) is 1.97. The number of aromatic nitrogens is 4. The normalized spacial score (nSPS) is 17.1. The molecular weight excluding hydrogens is 374 g/mol. The Morgan fingerprint density at radius 2 is 2.21 bits per heavy atom. The van der Waals surface area contributed by atoms with Crippen LogP contribution in [0.5, 0.6) is 5.88 Å². The molecule has 0 bridgehead atoms. The quantitative estimate of drug-likeness (QED) is 0.703. The van der Waals surface area contributed by atoms with E-state index in [0.29, 0.717) is 42.2 Å². The lowest BCUT2D eigenvalue weighted by atomic mass is 9.94. The number of hydrogen-bond acceptors (Lipinski definition) is 6. The largest absolute Gasteiger partial charge is 0.479 e. The first-order chi connectivity index (χ1) is 14.0. The van der Waals surface area contributed by atoms with E-state index in [2.05, 4.69) is 15.2 Å². The molecule has 9 heteroatoms. The van der Waals surface area contributed by atoms with Gasteiger partial charge in [-0.1, -0.05) is 0 Å². The number of H-pyrrole nitrogens is 1. The monoisotopic (exact) mass is 399 g/mol. The highest BCUT2D eigenvalue weighted by Gasteiger charge is 2.26. The summed E-state index contributed by atoms with van der Waals surface area (Å²) in [6, 6.07) is 3.62. The molecule has 29 heavy (non-hydrogen) atoms. The molecule has 0 saturated carbocycles. The van der Waals surface area contributed by atoms with E-state index in [-0.39, 0.29) is 17.4 Å². The summed E-state index contributed by atoms with van der Waals surface area (Å²) < 4.78 is 11.6. The summed E-state index contributed by atoms with van der Waals surface area (Å²) >= 11 is 0. The lowest BCUT2D eigenvalue weighted by Crippen LogP contribution is -2.39. The number of likely N-dealkylation sites (tertiary alicyclic amines) is 1. The molecule has 4 rings (SSSR count). The summed E-state index contributed by atoms with van der Waals surface area (Å²) in [7, 11) is 1.52. The smallest absolute Gasteiger partial charge is 0.275 e. The van der Waals surface area contributed by atoms with Crippen molar-refractivity contribution < 1.29 is 14.1 Å². The first-order valence-electron chi connectivity index (χ1n) is 9.82. The van der Waals surface area contributed by atoms with Crippen LogP contribution in [-0.4, -0.2) is 50.8 Å². The van der Waals surface area contributed by atoms with Crippen molar-refractivity contribution in [3.05, 3.63) is 45.2 Å². The molecule has 1 aliphatic rings. The Bertz CT molecular complexity index is 1100. The van der Waals surface area contributed by atoms with E-state index in [0.717, 1.165) is 30.8 Å². The molecule has 0 aliphatic carbocycles. The zero-order chi connectivity index (χ0) is 20.5. The molecule has 0 spiro atoms. The van der Waals surface area contributed by atoms with E-state index in [1.807, 2.05) is 17.9 Å². The molecule has 1 fully saturated rings. The van der Waals surface area contributed by atoms with Crippen molar-refractivity contribution in [2.75, 3.05) is 20.2 Å². The SMILES string of the molecule is COc1cc(CCC(=O)N2CCC[C@@H](c3cc4nc(C)c(C)c(=O)n4[nH]3)C2)on1. The summed E-state index contributed by atoms with van der Waals surface area (Å²) in [5, 5.41) is 6.95. The molecule has 1 amide bonds. The average Bonchev–Trinajstić information content (AvgIpc) is 3.37. The van der Waals surface area contributed by atoms with Gasteiger partial charge in [0.05, 0.1) is 7.11 Å². The lowest BCUT2D eigenvalue weighted by molar-refractivity contribution is -0.132. The van der Waals surface area contributed by atoms with Crippen LogP contribution < -0.4 is 10.3 Å². The fourth-order valence-corrected chi connectivity index (χ4v) is 3.80. The Kier molecular flexibility index (Phi) is 5.12. The summed E-state index contributed by atoms with van der Waals surface area (Å²) in [6.07, 6.45) is 2.72. The Hall–Kier alpha value is -3.10. The van der Waals surface area contributed by atoms with Gasteiger partial charge in [-0.25, -0.2) is 9.50 Å². The molecule has 9 nitrogen and oxygen atoms in total. The summed E-state index contributed by atoms with van der Waals surface area (Å²) in [6.45, 7) is 4.99. The number of fused-ring (bicyclic) bond motifs is 1. The average molecular weight is 399 g/mol. The molecule has 3 aromatic rings. The van der Waals surface area contributed by atoms with Crippen LogP contribution in [0.1, 0.15) is 47.9 Å². The Morgan fingerprint density at radius 3 is 2.97 bits per heavy atom. The van der Waals surface area contributed by atoms with Gasteiger partial charge < -0.3 is 14.2 Å². The van der Waals surface area contributed by atoms with Crippen molar-refractivity contribution in [3.8, 4) is 5.88 Å². The lowest BCUT2D eigenvalue weighted by Gasteiger charge is -2.32. The number of nitrogens with zero attached hydrogens (tertiary/aromatic N) is 4. The molecule has 3 aromatic heterocycles. The minimum atomic E-state index is -0.0787. The number of rotatable bonds is 5. The van der Waals surface area contributed by atoms with Gasteiger partial charge in [0.15, 0.2) is 5.65 Å². The highest BCUT2D eigenvalue weighted by molar-refractivity contribution is 5.76. The number of amides is 1. The molecule has 4 heterocycles. The number of aromatic amines is 1. The van der Waals surface area contributed by atoms with Crippen LogP contribution in [0.4, 0.5) is 0 Å². The van der Waals surface area contributed by atoms with E-state index >= 15 is 0 Å². The van der Waals surface area contributed by atoms with Gasteiger partial charge in [-0.15, -0.1) is 0 Å². The fourth-order valence-electron chi connectivity index (χ4n) is 3.80. The fraction of sp³-hybridized carbons (Fsp3) is 0.500. The van der Waals surface area contributed by atoms with Gasteiger partial charge in [-0.2, -0.15) is 0 Å². The Balaban J connectivity index is 1.45. The third-order valence-corrected chi connectivity index (χ3v) is 5.65. The first-order valence-corrected chi connectivity index (χ1v) is 9.82. The molecule has 154 valence electrons. The zero-order valence-corrected chi connectivity index (χ0v) is 16.9. The van der Waals surface area contributed by atoms with Crippen LogP contribution in [0, 0.1) is 13.8 Å². The number of ether oxygens (including phenoxy) is 1. The number of carbonyl (C=O) groups excluding carboxylic acids is 1. The highest BCUT2D eigenvalue weighted by Crippen LogP contribution is 2.27. The highest BCUT2D eigenvalue weighted by atomic mass is 16.5. The van der Waals surface area contributed by atoms with E-state index in [1.54, 1.807) is 13.0 Å². The van der Waals surface area contributed by atoms with Crippen molar-refractivity contribution in [1.29, 1.82) is 0 Å². The minimum absolute atomic E-state index is 0.0787. The molecule has 1 saturated heterocycles. The van der Waals surface area contributed by atoms with E-state index < -0.39 is 0 Å². The summed E-state index contributed by atoms with van der Waals surface area (Å²) in [5.41, 5.74) is 2.86. The van der Waals surface area contributed by atoms with Gasteiger partial charge in [-0.3, -0.25) is 14.7 Å². The van der Waals surface area contributed by atoms with Crippen LogP contribution in [0.3, 0.4) is 0 Å². The topological polar surface area (TPSA) is 106 Å². The Labute approximate surface area is 167 Å². The van der Waals surface area contributed by atoms with Crippen LogP contribution in [-0.2, 0) is 11.2 Å². The van der Waals surface area contributed by atoms with Crippen LogP contribution in [0.15, 0.2) is 21.5 Å². The van der Waals surface area contributed by atoms with Gasteiger partial charge >= 0.3 is 0 Å². The summed E-state index contributed by atoms with van der Waals surface area (Å²) in [5.74, 6) is 1.29. The van der Waals surface area contributed by atoms with E-state index in [9.17, 15) is 9.59 Å². The van der Waals surface area contributed by atoms with Gasteiger partial charge in [-0.05, 0) is 31.8 Å². The number of piperidine rings is 1. The third kappa shape index (κ3) is 3.76. The van der Waals surface area contributed by atoms with Crippen molar-refractivity contribution in [2.45, 2.75) is 45.4 Å². The van der Waals surface area contributed by atoms with Crippen LogP contribution in [0.25, 0.3) is 5.65 Å². The van der Waals surface area contributed by atoms with Crippen LogP contribution >= 0.6 is 0 Å². The van der Waals surface area contributed by atoms with Gasteiger partial charge in [0.1, 0.15) is 5.76 Å². The second kappa shape index (κ2) is 7.73. The van der Waals surface area contributed by atoms with E-state index in [1.165, 1.54) is 11.6 Å². The molecule has 0 radical (unpaired) electrons. The minimum Gasteiger partial charge on any atom is -0.479 e. The Morgan fingerprint density at radius 1 is 1.38 bits per heavy atom. The van der Waals surface area contributed by atoms with Crippen molar-refractivity contribution in [3.63, 3.8) is 0 Å². The third-order valence-electron chi connectivity index (χ3n) is 5.65. The van der Waals surface area contributed by atoms with Gasteiger partial charge in [0.2, 0.25) is 5.91 Å². The van der Waals surface area contributed by atoms with Gasteiger partial charge in [0, 0.05) is 60.9 Å². The number of aryl methyl sites for hydroxylation is 2. The number of hydrogen-bond donors (Lipinski definition) is 1. The standard InChI is InChI=1S/C20H25N5O4/c1-12-13(2)21-17-10-16(22-25(17)20(12)27)14-5-4-8-24(11-14)19(26)7-6-15-9-18(28-3)23-29-15/h9-10,14,22H,4-8,11H2,1-3H3/t14-/m1/s1. The molecule has 1 atom stereocenters. The molecular formula is C20H25N5O4. The molecule has 0 unspecified atom stereocenters. The van der Waals surface area contributed by atoms with E-state index in [4.69, 9.17) is 9.26 Å². The van der Waals surface area contributed by atoms with Crippen molar-refractivity contribution >= 4 is 11.6 Å². The molecule has 1 aliphatic heterocycles. The second-order valence-corrected chi connectivity index (χ2v) is 7.55. The number of nitrogens with one attached hydrogen (secondary N) is 1. The number of carbonyl (C=O) groups is 1. The van der Waals surface area contributed by atoms with Gasteiger partial charge in [0.25, 0.3) is 11.4 Å². The first kappa shape index (κ1) is 19.2. The van der Waals surface area contributed by atoms with Crippen LogP contribution in [0.2, 0.25) is 0 Å². The predicted molar refractivity (Wildman–Crippen MR) is 105 cm³/mol. The van der Waals surface area contributed by atoms with Crippen molar-refractivity contribution in [1.82, 2.24) is 24.7 Å². The zero-order valence-electron chi connectivity index (χ0n) is 16.9.